The number of amides is 1. The molecule has 1 saturated carbocycles. The van der Waals surface area contributed by atoms with Crippen LogP contribution in [0.15, 0.2) is 17.5 Å². The highest BCUT2D eigenvalue weighted by Crippen LogP contribution is 2.37. The number of hydrogen-bond acceptors (Lipinski definition) is 3. The number of hydrogen-bond donors (Lipinski definition) is 1. The van der Waals surface area contributed by atoms with Gasteiger partial charge in [-0.1, -0.05) is 12.5 Å². The maximum atomic E-state index is 12.6. The molecule has 98 valence electrons. The van der Waals surface area contributed by atoms with Gasteiger partial charge in [-0.3, -0.25) is 4.79 Å². The van der Waals surface area contributed by atoms with E-state index in [1.807, 2.05) is 0 Å². The van der Waals surface area contributed by atoms with Crippen molar-refractivity contribution in [2.75, 3.05) is 6.54 Å². The molecule has 4 heteroatoms. The van der Waals surface area contributed by atoms with E-state index < -0.39 is 0 Å². The Morgan fingerprint density at radius 3 is 2.89 bits per heavy atom. The molecular weight excluding hydrogens is 244 g/mol. The van der Waals surface area contributed by atoms with Crippen LogP contribution in [0.1, 0.15) is 43.0 Å². The maximum Gasteiger partial charge on any atom is 0.227 e. The van der Waals surface area contributed by atoms with Crippen molar-refractivity contribution in [3.05, 3.63) is 22.4 Å². The van der Waals surface area contributed by atoms with E-state index in [1.165, 1.54) is 4.88 Å². The summed E-state index contributed by atoms with van der Waals surface area (Å²) in [4.78, 5) is 16.0. The van der Waals surface area contributed by atoms with E-state index >= 15 is 0 Å². The van der Waals surface area contributed by atoms with Crippen LogP contribution in [0.4, 0.5) is 0 Å². The van der Waals surface area contributed by atoms with Crippen LogP contribution in [0.25, 0.3) is 0 Å². The minimum Gasteiger partial charge on any atom is -0.335 e. The van der Waals surface area contributed by atoms with Crippen LogP contribution < -0.4 is 5.73 Å². The third kappa shape index (κ3) is 2.08. The van der Waals surface area contributed by atoms with Crippen molar-refractivity contribution in [2.45, 2.75) is 44.2 Å². The third-order valence-electron chi connectivity index (χ3n) is 4.29. The average molecular weight is 264 g/mol. The van der Waals surface area contributed by atoms with E-state index in [4.69, 9.17) is 5.73 Å². The van der Waals surface area contributed by atoms with E-state index in [0.717, 1.165) is 38.6 Å². The first-order valence-corrected chi connectivity index (χ1v) is 7.75. The Kier molecular flexibility index (Phi) is 3.39. The fraction of sp³-hybridized carbons (Fsp3) is 0.643. The Bertz CT molecular complexity index is 417. The van der Waals surface area contributed by atoms with Crippen molar-refractivity contribution in [2.24, 2.45) is 11.7 Å². The molecule has 1 aliphatic carbocycles. The van der Waals surface area contributed by atoms with E-state index in [0.29, 0.717) is 11.9 Å². The number of carbonyl (C=O) groups is 1. The lowest BCUT2D eigenvalue weighted by Crippen LogP contribution is -2.41. The quantitative estimate of drug-likeness (QED) is 0.892. The summed E-state index contributed by atoms with van der Waals surface area (Å²) in [5, 5.41) is 2.09. The van der Waals surface area contributed by atoms with Gasteiger partial charge in [0.05, 0.1) is 12.0 Å². The Labute approximate surface area is 112 Å². The number of nitrogens with two attached hydrogens (primary N) is 1. The molecule has 2 N–H and O–H groups in total. The summed E-state index contributed by atoms with van der Waals surface area (Å²) in [7, 11) is 0. The molecule has 3 atom stereocenters. The molecule has 3 unspecified atom stereocenters. The largest absolute Gasteiger partial charge is 0.335 e. The average Bonchev–Trinajstić information content (AvgIpc) is 3.09. The van der Waals surface area contributed by atoms with Gasteiger partial charge in [0.1, 0.15) is 0 Å². The van der Waals surface area contributed by atoms with Crippen LogP contribution in [0, 0.1) is 5.92 Å². The zero-order chi connectivity index (χ0) is 12.5. The van der Waals surface area contributed by atoms with Gasteiger partial charge in [0.15, 0.2) is 0 Å². The van der Waals surface area contributed by atoms with Crippen LogP contribution in [0.3, 0.4) is 0 Å². The molecule has 2 fully saturated rings. The summed E-state index contributed by atoms with van der Waals surface area (Å²) in [6.45, 7) is 0.907. The molecule has 1 aromatic rings. The third-order valence-corrected chi connectivity index (χ3v) is 5.27. The first kappa shape index (κ1) is 12.2. The van der Waals surface area contributed by atoms with Crippen LogP contribution in [-0.2, 0) is 4.79 Å². The van der Waals surface area contributed by atoms with Crippen LogP contribution >= 0.6 is 11.3 Å². The van der Waals surface area contributed by atoms with Gasteiger partial charge in [-0.05, 0) is 37.1 Å². The smallest absolute Gasteiger partial charge is 0.227 e. The van der Waals surface area contributed by atoms with Crippen LogP contribution in [0.2, 0.25) is 0 Å². The van der Waals surface area contributed by atoms with Gasteiger partial charge in [0.2, 0.25) is 5.91 Å². The van der Waals surface area contributed by atoms with Gasteiger partial charge in [0, 0.05) is 17.5 Å². The lowest BCUT2D eigenvalue weighted by atomic mass is 10.0. The molecule has 1 amide bonds. The van der Waals surface area contributed by atoms with E-state index in [-0.39, 0.29) is 12.0 Å². The highest BCUT2D eigenvalue weighted by molar-refractivity contribution is 7.10. The molecule has 2 heterocycles. The molecule has 3 rings (SSSR count). The highest BCUT2D eigenvalue weighted by Gasteiger charge is 2.38. The molecular formula is C14H20N2OS. The molecule has 0 aromatic carbocycles. The van der Waals surface area contributed by atoms with Crippen molar-refractivity contribution in [3.8, 4) is 0 Å². The summed E-state index contributed by atoms with van der Waals surface area (Å²) >= 11 is 1.76. The van der Waals surface area contributed by atoms with Gasteiger partial charge in [-0.15, -0.1) is 11.3 Å². The van der Waals surface area contributed by atoms with Crippen LogP contribution in [-0.4, -0.2) is 23.4 Å². The second-order valence-corrected chi connectivity index (χ2v) is 6.39. The van der Waals surface area contributed by atoms with Gasteiger partial charge >= 0.3 is 0 Å². The topological polar surface area (TPSA) is 46.3 Å². The van der Waals surface area contributed by atoms with Gasteiger partial charge in [-0.2, -0.15) is 0 Å². The van der Waals surface area contributed by atoms with Crippen molar-refractivity contribution in [3.63, 3.8) is 0 Å². The Morgan fingerprint density at radius 2 is 2.22 bits per heavy atom. The monoisotopic (exact) mass is 264 g/mol. The minimum absolute atomic E-state index is 0.0746. The van der Waals surface area contributed by atoms with Gasteiger partial charge in [0.25, 0.3) is 0 Å². The molecule has 3 nitrogen and oxygen atoms in total. The fourth-order valence-electron chi connectivity index (χ4n) is 3.32. The molecule has 0 radical (unpaired) electrons. The summed E-state index contributed by atoms with van der Waals surface area (Å²) in [6, 6.07) is 4.62. The summed E-state index contributed by atoms with van der Waals surface area (Å²) in [5.74, 6) is 0.376. The number of likely N-dealkylation sites (tertiary alicyclic amines) is 1. The second kappa shape index (κ2) is 5.02. The lowest BCUT2D eigenvalue weighted by Gasteiger charge is -2.28. The Hall–Kier alpha value is -0.870. The molecule has 0 bridgehead atoms. The molecule has 1 aromatic heterocycles. The standard InChI is InChI=1S/C14H20N2OS/c15-11-5-1-4-10(11)14(17)16-8-2-6-12(16)13-7-3-9-18-13/h3,7,9-12H,1-2,4-6,8,15H2. The second-order valence-electron chi connectivity index (χ2n) is 5.41. The molecule has 2 aliphatic rings. The minimum atomic E-state index is 0.0746. The zero-order valence-corrected chi connectivity index (χ0v) is 11.4. The number of nitrogens with zero attached hydrogens (tertiary/aromatic N) is 1. The maximum absolute atomic E-state index is 12.6. The zero-order valence-electron chi connectivity index (χ0n) is 10.5. The Morgan fingerprint density at radius 1 is 1.33 bits per heavy atom. The van der Waals surface area contributed by atoms with Gasteiger partial charge < -0.3 is 10.6 Å². The molecule has 1 aliphatic heterocycles. The first-order valence-electron chi connectivity index (χ1n) is 6.87. The van der Waals surface area contributed by atoms with Crippen molar-refractivity contribution in [1.82, 2.24) is 4.90 Å². The van der Waals surface area contributed by atoms with E-state index in [2.05, 4.69) is 22.4 Å². The van der Waals surface area contributed by atoms with E-state index in [1.54, 1.807) is 11.3 Å². The van der Waals surface area contributed by atoms with E-state index in [9.17, 15) is 4.79 Å². The highest BCUT2D eigenvalue weighted by atomic mass is 32.1. The number of rotatable bonds is 2. The summed E-state index contributed by atoms with van der Waals surface area (Å²) in [6.07, 6.45) is 5.32. The predicted molar refractivity (Wildman–Crippen MR) is 73.3 cm³/mol. The van der Waals surface area contributed by atoms with Crippen molar-refractivity contribution >= 4 is 17.2 Å². The number of carbonyl (C=O) groups excluding carboxylic acids is 1. The lowest BCUT2D eigenvalue weighted by molar-refractivity contribution is -0.136. The Balaban J connectivity index is 1.76. The number of thiophene rings is 1. The normalized spacial score (nSPS) is 32.1. The first-order chi connectivity index (χ1) is 8.77. The summed E-state index contributed by atoms with van der Waals surface area (Å²) in [5.41, 5.74) is 6.07. The predicted octanol–water partition coefficient (Wildman–Crippen LogP) is 2.54. The van der Waals surface area contributed by atoms with Crippen molar-refractivity contribution < 1.29 is 4.79 Å². The van der Waals surface area contributed by atoms with Crippen LogP contribution in [0.5, 0.6) is 0 Å². The van der Waals surface area contributed by atoms with Crippen molar-refractivity contribution in [1.29, 1.82) is 0 Å². The molecule has 0 spiro atoms. The molecule has 18 heavy (non-hydrogen) atoms. The fourth-order valence-corrected chi connectivity index (χ4v) is 4.19. The summed E-state index contributed by atoms with van der Waals surface area (Å²) < 4.78 is 0. The van der Waals surface area contributed by atoms with Gasteiger partial charge in [-0.25, -0.2) is 0 Å². The SMILES string of the molecule is NC1CCCC1C(=O)N1CCCC1c1cccs1. The molecule has 1 saturated heterocycles.